The molecule has 1 aromatic carbocycles. The first-order valence-corrected chi connectivity index (χ1v) is 8.68. The Labute approximate surface area is 152 Å². The zero-order valence-corrected chi connectivity index (χ0v) is 15.2. The van der Waals surface area contributed by atoms with Gasteiger partial charge in [-0.2, -0.15) is 5.10 Å². The van der Waals surface area contributed by atoms with Gasteiger partial charge in [0.1, 0.15) is 5.75 Å². The van der Waals surface area contributed by atoms with Gasteiger partial charge < -0.3 is 9.84 Å². The van der Waals surface area contributed by atoms with Crippen LogP contribution in [0, 0.1) is 13.8 Å². The maximum absolute atomic E-state index is 10.8. The van der Waals surface area contributed by atoms with Gasteiger partial charge in [-0.05, 0) is 44.5 Å². The van der Waals surface area contributed by atoms with Gasteiger partial charge in [0.25, 0.3) is 0 Å². The Hall–Kier alpha value is -2.05. The molecule has 2 aromatic rings. The van der Waals surface area contributed by atoms with Crippen LogP contribution in [0.4, 0.5) is 0 Å². The van der Waals surface area contributed by atoms with Gasteiger partial charge in [0.2, 0.25) is 0 Å². The summed E-state index contributed by atoms with van der Waals surface area (Å²) in [5.74, 6) is -0.423. The number of hydrogen-bond donors (Lipinski definition) is 1. The molecular formula is C18H22ClN3O3. The molecule has 3 rings (SSSR count). The molecule has 1 aliphatic rings. The quantitative estimate of drug-likeness (QED) is 0.854. The van der Waals surface area contributed by atoms with Crippen molar-refractivity contribution < 1.29 is 14.6 Å². The molecule has 0 bridgehead atoms. The molecule has 1 aromatic heterocycles. The molecule has 25 heavy (non-hydrogen) atoms. The summed E-state index contributed by atoms with van der Waals surface area (Å²) in [5, 5.41) is 14.0. The van der Waals surface area contributed by atoms with Crippen LogP contribution in [-0.2, 0) is 11.3 Å². The van der Waals surface area contributed by atoms with Gasteiger partial charge in [0.05, 0.1) is 11.7 Å². The highest BCUT2D eigenvalue weighted by atomic mass is 35.5. The van der Waals surface area contributed by atoms with Crippen molar-refractivity contribution in [3.63, 3.8) is 0 Å². The average Bonchev–Trinajstić information content (AvgIpc) is 3.12. The number of benzene rings is 1. The molecule has 0 unspecified atom stereocenters. The number of halogens is 1. The summed E-state index contributed by atoms with van der Waals surface area (Å²) in [4.78, 5) is 13.1. The fourth-order valence-electron chi connectivity index (χ4n) is 3.36. The van der Waals surface area contributed by atoms with Gasteiger partial charge in [-0.25, -0.2) is 4.79 Å². The predicted molar refractivity (Wildman–Crippen MR) is 95.2 cm³/mol. The number of rotatable bonds is 6. The summed E-state index contributed by atoms with van der Waals surface area (Å²) in [5.41, 5.74) is 3.12. The first-order chi connectivity index (χ1) is 11.9. The van der Waals surface area contributed by atoms with E-state index < -0.39 is 5.97 Å². The van der Waals surface area contributed by atoms with Gasteiger partial charge >= 0.3 is 5.97 Å². The number of aryl methyl sites for hydroxylation is 2. The Balaban J connectivity index is 1.69. The number of ether oxygens (including phenoxy) is 1. The largest absolute Gasteiger partial charge is 0.482 e. The third kappa shape index (κ3) is 4.32. The number of aliphatic carboxylic acids is 1. The normalized spacial score (nSPS) is 17.8. The van der Waals surface area contributed by atoms with Crippen LogP contribution < -0.4 is 4.74 Å². The molecule has 0 aliphatic carbocycles. The molecule has 7 heteroatoms. The van der Waals surface area contributed by atoms with Gasteiger partial charge in [-0.15, -0.1) is 0 Å². The highest BCUT2D eigenvalue weighted by Crippen LogP contribution is 2.29. The topological polar surface area (TPSA) is 67.6 Å². The molecule has 1 aliphatic heterocycles. The summed E-state index contributed by atoms with van der Waals surface area (Å²) in [6, 6.07) is 7.74. The lowest BCUT2D eigenvalue weighted by Gasteiger charge is -2.19. The molecule has 0 radical (unpaired) electrons. The van der Waals surface area contributed by atoms with Crippen molar-refractivity contribution in [2.45, 2.75) is 32.9 Å². The van der Waals surface area contributed by atoms with Crippen molar-refractivity contribution in [3.05, 3.63) is 46.2 Å². The zero-order chi connectivity index (χ0) is 18.0. The van der Waals surface area contributed by atoms with Crippen LogP contribution in [-0.4, -0.2) is 45.5 Å². The minimum absolute atomic E-state index is 0.358. The van der Waals surface area contributed by atoms with Gasteiger partial charge in [-0.3, -0.25) is 9.58 Å². The molecule has 134 valence electrons. The third-order valence-electron chi connectivity index (χ3n) is 4.41. The van der Waals surface area contributed by atoms with Crippen molar-refractivity contribution in [1.82, 2.24) is 14.7 Å². The fraction of sp³-hybridized carbons (Fsp3) is 0.444. The lowest BCUT2D eigenvalue weighted by Crippen LogP contribution is -2.22. The highest BCUT2D eigenvalue weighted by molar-refractivity contribution is 6.30. The number of aromatic nitrogens is 2. The first kappa shape index (κ1) is 17.8. The summed E-state index contributed by atoms with van der Waals surface area (Å²) in [6.45, 7) is 6.25. The Morgan fingerprint density at radius 1 is 1.40 bits per heavy atom. The van der Waals surface area contributed by atoms with Crippen molar-refractivity contribution in [2.75, 3.05) is 19.7 Å². The Bertz CT molecular complexity index is 775. The maximum Gasteiger partial charge on any atom is 0.341 e. The second-order valence-electron chi connectivity index (χ2n) is 6.48. The Kier molecular flexibility index (Phi) is 5.30. The first-order valence-electron chi connectivity index (χ1n) is 8.30. The van der Waals surface area contributed by atoms with E-state index in [2.05, 4.69) is 27.7 Å². The summed E-state index contributed by atoms with van der Waals surface area (Å²) in [6.07, 6.45) is 1.04. The molecule has 0 saturated carbocycles. The number of hydrogen-bond acceptors (Lipinski definition) is 4. The fourth-order valence-corrected chi connectivity index (χ4v) is 3.56. The van der Waals surface area contributed by atoms with Crippen LogP contribution in [0.1, 0.15) is 29.4 Å². The minimum Gasteiger partial charge on any atom is -0.482 e. The number of carbonyl (C=O) groups is 1. The maximum atomic E-state index is 10.8. The lowest BCUT2D eigenvalue weighted by atomic mass is 10.2. The van der Waals surface area contributed by atoms with Crippen LogP contribution in [0.25, 0.3) is 0 Å². The van der Waals surface area contributed by atoms with Gasteiger partial charge in [-0.1, -0.05) is 11.6 Å². The van der Waals surface area contributed by atoms with E-state index in [1.807, 2.05) is 13.0 Å². The molecule has 1 fully saturated rings. The minimum atomic E-state index is -0.994. The highest BCUT2D eigenvalue weighted by Gasteiger charge is 2.26. The summed E-state index contributed by atoms with van der Waals surface area (Å²) in [7, 11) is 0. The smallest absolute Gasteiger partial charge is 0.341 e. The van der Waals surface area contributed by atoms with Gasteiger partial charge in [0.15, 0.2) is 6.61 Å². The van der Waals surface area contributed by atoms with Crippen LogP contribution in [0.5, 0.6) is 5.75 Å². The van der Waals surface area contributed by atoms with E-state index in [0.29, 0.717) is 23.4 Å². The SMILES string of the molecule is Cc1cc(C)n([C@@H]2CCN(Cc3cc(Cl)ccc3OCC(=O)O)C2)n1. The third-order valence-corrected chi connectivity index (χ3v) is 4.64. The van der Waals surface area contributed by atoms with Crippen LogP contribution >= 0.6 is 11.6 Å². The second kappa shape index (κ2) is 7.45. The molecular weight excluding hydrogens is 342 g/mol. The second-order valence-corrected chi connectivity index (χ2v) is 6.92. The summed E-state index contributed by atoms with van der Waals surface area (Å²) >= 11 is 6.11. The predicted octanol–water partition coefficient (Wildman–Crippen LogP) is 3.06. The average molecular weight is 364 g/mol. The summed E-state index contributed by atoms with van der Waals surface area (Å²) < 4.78 is 7.50. The number of likely N-dealkylation sites (tertiary alicyclic amines) is 1. The number of carboxylic acids is 1. The van der Waals surface area contributed by atoms with E-state index in [-0.39, 0.29) is 6.61 Å². The van der Waals surface area contributed by atoms with Crippen molar-refractivity contribution >= 4 is 17.6 Å². The standard InChI is InChI=1S/C18H22ClN3O3/c1-12-7-13(2)22(20-12)16-5-6-21(10-16)9-14-8-15(19)3-4-17(14)25-11-18(23)24/h3-4,7-8,16H,5-6,9-11H2,1-2H3,(H,23,24)/t16-/m1/s1. The van der Waals surface area contributed by atoms with Crippen molar-refractivity contribution in [3.8, 4) is 5.75 Å². The number of carboxylic acid groups (broad SMARTS) is 1. The molecule has 6 nitrogen and oxygen atoms in total. The van der Waals surface area contributed by atoms with Gasteiger partial charge in [0, 0.05) is 35.9 Å². The number of nitrogens with zero attached hydrogens (tertiary/aromatic N) is 3. The lowest BCUT2D eigenvalue weighted by molar-refractivity contribution is -0.139. The molecule has 0 amide bonds. The van der Waals surface area contributed by atoms with Crippen LogP contribution in [0.3, 0.4) is 0 Å². The molecule has 1 saturated heterocycles. The van der Waals surface area contributed by atoms with E-state index in [1.165, 1.54) is 5.69 Å². The van der Waals surface area contributed by atoms with E-state index >= 15 is 0 Å². The van der Waals surface area contributed by atoms with E-state index in [1.54, 1.807) is 12.1 Å². The molecule has 1 N–H and O–H groups in total. The van der Waals surface area contributed by atoms with Crippen LogP contribution in [0.2, 0.25) is 5.02 Å². The van der Waals surface area contributed by atoms with E-state index in [4.69, 9.17) is 21.4 Å². The van der Waals surface area contributed by atoms with E-state index in [9.17, 15) is 4.79 Å². The Morgan fingerprint density at radius 3 is 2.88 bits per heavy atom. The Morgan fingerprint density at radius 2 is 2.20 bits per heavy atom. The van der Waals surface area contributed by atoms with Crippen molar-refractivity contribution in [2.24, 2.45) is 0 Å². The van der Waals surface area contributed by atoms with E-state index in [0.717, 1.165) is 30.8 Å². The molecule has 2 heterocycles. The zero-order valence-electron chi connectivity index (χ0n) is 14.4. The van der Waals surface area contributed by atoms with Crippen LogP contribution in [0.15, 0.2) is 24.3 Å². The monoisotopic (exact) mass is 363 g/mol. The van der Waals surface area contributed by atoms with Crippen molar-refractivity contribution in [1.29, 1.82) is 0 Å². The molecule has 0 spiro atoms. The molecule has 1 atom stereocenters.